The Labute approximate surface area is 118 Å². The van der Waals surface area contributed by atoms with Gasteiger partial charge in [-0.2, -0.15) is 4.98 Å². The molecule has 2 rings (SSSR count). The van der Waals surface area contributed by atoms with Crippen LogP contribution in [-0.2, 0) is 0 Å². The number of rotatable bonds is 3. The third-order valence-electron chi connectivity index (χ3n) is 2.14. The molecule has 98 valence electrons. The predicted molar refractivity (Wildman–Crippen MR) is 70.0 cm³/mol. The van der Waals surface area contributed by atoms with E-state index in [9.17, 15) is 10.1 Å². The Balaban J connectivity index is 2.37. The van der Waals surface area contributed by atoms with Gasteiger partial charge >= 0.3 is 0 Å². The van der Waals surface area contributed by atoms with E-state index in [1.165, 1.54) is 18.2 Å². The fraction of sp³-hybridized carbons (Fsp3) is 0.0909. The fourth-order valence-electron chi connectivity index (χ4n) is 1.35. The highest BCUT2D eigenvalue weighted by Crippen LogP contribution is 2.32. The molecule has 1 heterocycles. The number of aromatic nitrogens is 2. The zero-order chi connectivity index (χ0) is 14.0. The molecule has 2 aromatic rings. The van der Waals surface area contributed by atoms with Gasteiger partial charge in [0.05, 0.1) is 16.0 Å². The molecule has 0 spiro atoms. The van der Waals surface area contributed by atoms with Crippen molar-refractivity contribution in [2.75, 3.05) is 0 Å². The minimum absolute atomic E-state index is 0.0246. The van der Waals surface area contributed by atoms with Crippen LogP contribution in [0.4, 0.5) is 5.69 Å². The highest BCUT2D eigenvalue weighted by molar-refractivity contribution is 6.32. The van der Waals surface area contributed by atoms with E-state index in [1.807, 2.05) is 0 Å². The van der Waals surface area contributed by atoms with Gasteiger partial charge < -0.3 is 4.74 Å². The number of nitrogens with zero attached hydrogens (tertiary/aromatic N) is 3. The normalized spacial score (nSPS) is 10.3. The number of nitro benzene ring substituents is 1. The number of halogens is 2. The van der Waals surface area contributed by atoms with Gasteiger partial charge in [0.25, 0.3) is 5.69 Å². The van der Waals surface area contributed by atoms with E-state index >= 15 is 0 Å². The van der Waals surface area contributed by atoms with E-state index in [1.54, 1.807) is 13.0 Å². The molecule has 8 heteroatoms. The lowest BCUT2D eigenvalue weighted by Gasteiger charge is -2.07. The summed E-state index contributed by atoms with van der Waals surface area (Å²) in [6, 6.07) is 5.42. The molecular weight excluding hydrogens is 293 g/mol. The molecule has 0 fully saturated rings. The summed E-state index contributed by atoms with van der Waals surface area (Å²) >= 11 is 11.6. The maximum Gasteiger partial charge on any atom is 0.273 e. The van der Waals surface area contributed by atoms with Gasteiger partial charge in [0.15, 0.2) is 5.75 Å². The van der Waals surface area contributed by atoms with Crippen molar-refractivity contribution in [2.45, 2.75) is 6.92 Å². The summed E-state index contributed by atoms with van der Waals surface area (Å²) in [6.45, 7) is 1.72. The zero-order valence-electron chi connectivity index (χ0n) is 9.63. The summed E-state index contributed by atoms with van der Waals surface area (Å²) < 4.78 is 5.39. The Bertz CT molecular complexity index is 629. The molecule has 6 nitrogen and oxygen atoms in total. The van der Waals surface area contributed by atoms with Crippen molar-refractivity contribution in [1.29, 1.82) is 0 Å². The highest BCUT2D eigenvalue weighted by Gasteiger charge is 2.12. The first-order chi connectivity index (χ1) is 8.95. The number of nitro groups is 1. The van der Waals surface area contributed by atoms with E-state index in [4.69, 9.17) is 27.9 Å². The third kappa shape index (κ3) is 3.30. The summed E-state index contributed by atoms with van der Waals surface area (Å²) in [4.78, 5) is 17.9. The molecule has 0 saturated heterocycles. The maximum atomic E-state index is 10.7. The van der Waals surface area contributed by atoms with E-state index in [-0.39, 0.29) is 27.6 Å². The Hall–Kier alpha value is -1.92. The molecule has 1 aromatic carbocycles. The molecule has 0 bridgehead atoms. The van der Waals surface area contributed by atoms with E-state index in [2.05, 4.69) is 9.97 Å². The van der Waals surface area contributed by atoms with Crippen LogP contribution in [0.15, 0.2) is 24.3 Å². The quantitative estimate of drug-likeness (QED) is 0.489. The summed E-state index contributed by atoms with van der Waals surface area (Å²) in [5.74, 6) is 0.296. The monoisotopic (exact) mass is 299 g/mol. The predicted octanol–water partition coefficient (Wildman–Crippen LogP) is 3.79. The second kappa shape index (κ2) is 5.38. The first kappa shape index (κ1) is 13.5. The second-order valence-electron chi connectivity index (χ2n) is 3.59. The summed E-state index contributed by atoms with van der Waals surface area (Å²) in [5.41, 5.74) is 0.479. The number of benzene rings is 1. The maximum absolute atomic E-state index is 10.7. The van der Waals surface area contributed by atoms with Gasteiger partial charge in [-0.05, 0) is 24.6 Å². The van der Waals surface area contributed by atoms with E-state index in [0.29, 0.717) is 5.69 Å². The Kier molecular flexibility index (Phi) is 3.82. The average molecular weight is 300 g/mol. The number of hydrogen-bond donors (Lipinski definition) is 0. The van der Waals surface area contributed by atoms with Crippen LogP contribution in [0, 0.1) is 17.0 Å². The number of aryl methyl sites for hydroxylation is 1. The van der Waals surface area contributed by atoms with Gasteiger partial charge in [0.1, 0.15) is 0 Å². The van der Waals surface area contributed by atoms with Crippen LogP contribution in [0.2, 0.25) is 10.3 Å². The van der Waals surface area contributed by atoms with Crippen LogP contribution in [0.5, 0.6) is 11.6 Å². The van der Waals surface area contributed by atoms with Crippen LogP contribution < -0.4 is 4.74 Å². The number of ether oxygens (including phenoxy) is 1. The van der Waals surface area contributed by atoms with Crippen LogP contribution >= 0.6 is 23.2 Å². The molecular formula is C11H7Cl2N3O3. The summed E-state index contributed by atoms with van der Waals surface area (Å²) in [6.07, 6.45) is 0. The first-order valence-corrected chi connectivity index (χ1v) is 5.84. The second-order valence-corrected chi connectivity index (χ2v) is 4.34. The Morgan fingerprint density at radius 1 is 1.26 bits per heavy atom. The lowest BCUT2D eigenvalue weighted by atomic mass is 10.3. The molecule has 0 amide bonds. The molecule has 0 unspecified atom stereocenters. The molecule has 0 radical (unpaired) electrons. The number of hydrogen-bond acceptors (Lipinski definition) is 5. The van der Waals surface area contributed by atoms with Crippen molar-refractivity contribution in [2.24, 2.45) is 0 Å². The summed E-state index contributed by atoms with van der Waals surface area (Å²) in [7, 11) is 0. The minimum atomic E-state index is -0.540. The topological polar surface area (TPSA) is 78.2 Å². The van der Waals surface area contributed by atoms with Gasteiger partial charge in [0, 0.05) is 17.8 Å². The number of non-ortho nitro benzene ring substituents is 1. The van der Waals surface area contributed by atoms with Gasteiger partial charge in [-0.3, -0.25) is 10.1 Å². The molecule has 0 aliphatic carbocycles. The van der Waals surface area contributed by atoms with Crippen molar-refractivity contribution in [3.05, 3.63) is 50.4 Å². The summed E-state index contributed by atoms with van der Waals surface area (Å²) in [5, 5.41) is 10.9. The first-order valence-electron chi connectivity index (χ1n) is 5.08. The van der Waals surface area contributed by atoms with Crippen molar-refractivity contribution in [3.8, 4) is 11.6 Å². The van der Waals surface area contributed by atoms with Gasteiger partial charge in [-0.15, -0.1) is 0 Å². The fourth-order valence-corrected chi connectivity index (χ4v) is 1.73. The highest BCUT2D eigenvalue weighted by atomic mass is 35.5. The zero-order valence-corrected chi connectivity index (χ0v) is 11.1. The molecule has 0 aliphatic heterocycles. The molecule has 0 saturated carbocycles. The van der Waals surface area contributed by atoms with E-state index in [0.717, 1.165) is 0 Å². The molecule has 0 atom stereocenters. The van der Waals surface area contributed by atoms with E-state index < -0.39 is 4.92 Å². The van der Waals surface area contributed by atoms with Crippen molar-refractivity contribution in [3.63, 3.8) is 0 Å². The standard InChI is InChI=1S/C11H7Cl2N3O3/c1-6-4-10(15-11(13)14-6)19-9-5-7(16(17)18)2-3-8(9)12/h2-5H,1H3. The lowest BCUT2D eigenvalue weighted by molar-refractivity contribution is -0.384. The largest absolute Gasteiger partial charge is 0.437 e. The SMILES string of the molecule is Cc1cc(Oc2cc([N+](=O)[O-])ccc2Cl)nc(Cl)n1. The lowest BCUT2D eigenvalue weighted by Crippen LogP contribution is -1.94. The smallest absolute Gasteiger partial charge is 0.273 e. The average Bonchev–Trinajstić information content (AvgIpc) is 2.30. The van der Waals surface area contributed by atoms with Gasteiger partial charge in [-0.25, -0.2) is 4.98 Å². The Morgan fingerprint density at radius 3 is 2.63 bits per heavy atom. The molecule has 0 N–H and O–H groups in total. The van der Waals surface area contributed by atoms with Crippen LogP contribution in [0.1, 0.15) is 5.69 Å². The van der Waals surface area contributed by atoms with Gasteiger partial charge in [0.2, 0.25) is 11.2 Å². The molecule has 0 aliphatic rings. The van der Waals surface area contributed by atoms with Crippen LogP contribution in [0.25, 0.3) is 0 Å². The molecule has 19 heavy (non-hydrogen) atoms. The van der Waals surface area contributed by atoms with Crippen molar-refractivity contribution < 1.29 is 9.66 Å². The minimum Gasteiger partial charge on any atom is -0.437 e. The van der Waals surface area contributed by atoms with Crippen molar-refractivity contribution in [1.82, 2.24) is 9.97 Å². The van der Waals surface area contributed by atoms with Gasteiger partial charge in [-0.1, -0.05) is 11.6 Å². The van der Waals surface area contributed by atoms with Crippen LogP contribution in [-0.4, -0.2) is 14.9 Å². The van der Waals surface area contributed by atoms with Crippen molar-refractivity contribution >= 4 is 28.9 Å². The third-order valence-corrected chi connectivity index (χ3v) is 2.62. The molecule has 1 aromatic heterocycles. The van der Waals surface area contributed by atoms with Crippen LogP contribution in [0.3, 0.4) is 0 Å². The Morgan fingerprint density at radius 2 is 2.00 bits per heavy atom.